The van der Waals surface area contributed by atoms with Crippen LogP contribution in [0.3, 0.4) is 0 Å². The van der Waals surface area contributed by atoms with Gasteiger partial charge in [-0.05, 0) is 146 Å². The van der Waals surface area contributed by atoms with Crippen LogP contribution in [0.1, 0.15) is 111 Å². The van der Waals surface area contributed by atoms with Crippen LogP contribution < -0.4 is 0 Å². The molecule has 0 aromatic heterocycles. The van der Waals surface area contributed by atoms with Gasteiger partial charge >= 0.3 is 5.97 Å². The third kappa shape index (κ3) is 4.50. The number of hydrogen-bond donors (Lipinski definition) is 2. The lowest BCUT2D eigenvalue weighted by Crippen LogP contribution is -2.67. The number of phenols is 1. The van der Waals surface area contributed by atoms with Crippen LogP contribution in [-0.4, -0.2) is 28.9 Å². The van der Waals surface area contributed by atoms with Gasteiger partial charge in [0.15, 0.2) is 0 Å². The summed E-state index contributed by atoms with van der Waals surface area (Å²) in [5, 5.41) is 20.3. The van der Waals surface area contributed by atoms with E-state index in [9.17, 15) is 15.0 Å². The molecule has 1 aromatic carbocycles. The van der Waals surface area contributed by atoms with Gasteiger partial charge in [0.1, 0.15) is 11.9 Å². The van der Waals surface area contributed by atoms with E-state index in [0.29, 0.717) is 36.2 Å². The van der Waals surface area contributed by atoms with E-state index >= 15 is 0 Å². The molecule has 4 heteroatoms. The second-order valence-electron chi connectivity index (χ2n) is 16.9. The summed E-state index contributed by atoms with van der Waals surface area (Å²) in [5.74, 6) is 2.90. The molecular weight excluding hydrogens is 532 g/mol. The number of benzene rings is 1. The zero-order valence-electron chi connectivity index (χ0n) is 27.6. The maximum absolute atomic E-state index is 13.0. The average molecular weight is 589 g/mol. The molecule has 0 bridgehead atoms. The minimum absolute atomic E-state index is 0.0894. The highest BCUT2D eigenvalue weighted by Gasteiger charge is 2.71. The Labute approximate surface area is 260 Å². The minimum atomic E-state index is -0.276. The number of fused-ring (bicyclic) bond motifs is 7. The van der Waals surface area contributed by atoms with Crippen molar-refractivity contribution in [2.45, 2.75) is 112 Å². The fraction of sp³-hybridized carbons (Fsp3) is 0.718. The lowest BCUT2D eigenvalue weighted by molar-refractivity contribution is -0.251. The SMILES string of the molecule is C=C(C)C1CCC2(CO)CCC3(C)C(CCC4C5(C)CCC(OC(=O)/C=C/c6ccc(O)cc6)C(C)(C)C5CCC43C)C12. The molecule has 0 amide bonds. The molecule has 10 atom stereocenters. The minimum Gasteiger partial charge on any atom is -0.508 e. The number of aromatic hydroxyl groups is 1. The predicted molar refractivity (Wildman–Crippen MR) is 173 cm³/mol. The molecule has 6 rings (SSSR count). The standard InChI is InChI=1S/C39H56O4/c1-25(2)28-16-21-39(24-40)23-22-37(6)29(34(28)39)13-14-31-36(5)19-18-32(35(3,4)30(36)17-20-38(31,37)7)43-33(42)15-10-26-8-11-27(41)12-9-26/h8-12,15,28-32,34,40-41H,1,13-14,16-24H2,2-7H3/b15-10+. The number of phenolic OH excluding ortho intramolecular Hbond substituents is 1. The van der Waals surface area contributed by atoms with Gasteiger partial charge in [0.25, 0.3) is 0 Å². The zero-order chi connectivity index (χ0) is 31.0. The number of carbonyl (C=O) groups excluding carboxylic acids is 1. The molecule has 43 heavy (non-hydrogen) atoms. The molecular formula is C39H56O4. The molecule has 5 fully saturated rings. The summed E-state index contributed by atoms with van der Waals surface area (Å²) in [7, 11) is 0. The molecule has 10 unspecified atom stereocenters. The maximum atomic E-state index is 13.0. The Bertz CT molecular complexity index is 1280. The fourth-order valence-electron chi connectivity index (χ4n) is 12.7. The summed E-state index contributed by atoms with van der Waals surface area (Å²) in [5.41, 5.74) is 2.98. The average Bonchev–Trinajstić information content (AvgIpc) is 3.35. The number of aliphatic hydroxyl groups is 1. The van der Waals surface area contributed by atoms with Crippen LogP contribution >= 0.6 is 0 Å². The molecule has 5 saturated carbocycles. The summed E-state index contributed by atoms with van der Waals surface area (Å²) in [6, 6.07) is 6.85. The van der Waals surface area contributed by atoms with Crippen LogP contribution in [0, 0.1) is 56.7 Å². The fourth-order valence-corrected chi connectivity index (χ4v) is 12.7. The topological polar surface area (TPSA) is 66.8 Å². The number of carbonyl (C=O) groups is 1. The van der Waals surface area contributed by atoms with Gasteiger partial charge in [-0.3, -0.25) is 0 Å². The highest BCUT2D eigenvalue weighted by atomic mass is 16.5. The van der Waals surface area contributed by atoms with E-state index in [-0.39, 0.29) is 44.9 Å². The van der Waals surface area contributed by atoms with Gasteiger partial charge in [-0.25, -0.2) is 4.79 Å². The molecule has 0 aliphatic heterocycles. The van der Waals surface area contributed by atoms with Crippen LogP contribution in [-0.2, 0) is 9.53 Å². The molecule has 0 heterocycles. The molecule has 0 radical (unpaired) electrons. The van der Waals surface area contributed by atoms with Crippen molar-refractivity contribution in [1.29, 1.82) is 0 Å². The first-order valence-corrected chi connectivity index (χ1v) is 17.2. The van der Waals surface area contributed by atoms with Gasteiger partial charge in [-0.15, -0.1) is 0 Å². The predicted octanol–water partition coefficient (Wildman–Crippen LogP) is 8.97. The van der Waals surface area contributed by atoms with E-state index in [1.807, 2.05) is 0 Å². The summed E-state index contributed by atoms with van der Waals surface area (Å²) in [6.07, 6.45) is 15.0. The smallest absolute Gasteiger partial charge is 0.331 e. The Balaban J connectivity index is 1.23. The van der Waals surface area contributed by atoms with Gasteiger partial charge in [-0.1, -0.05) is 58.9 Å². The van der Waals surface area contributed by atoms with Crippen molar-refractivity contribution in [3.05, 3.63) is 48.1 Å². The van der Waals surface area contributed by atoms with Gasteiger partial charge in [0.05, 0.1) is 0 Å². The Hall–Kier alpha value is -2.07. The highest BCUT2D eigenvalue weighted by molar-refractivity contribution is 5.87. The molecule has 2 N–H and O–H groups in total. The number of esters is 1. The van der Waals surface area contributed by atoms with Gasteiger partial charge in [-0.2, -0.15) is 0 Å². The van der Waals surface area contributed by atoms with Crippen LogP contribution in [0.2, 0.25) is 0 Å². The van der Waals surface area contributed by atoms with Crippen molar-refractivity contribution >= 4 is 12.0 Å². The van der Waals surface area contributed by atoms with Gasteiger partial charge in [0.2, 0.25) is 0 Å². The van der Waals surface area contributed by atoms with Crippen molar-refractivity contribution in [3.8, 4) is 5.75 Å². The molecule has 4 nitrogen and oxygen atoms in total. The molecule has 5 aliphatic rings. The second-order valence-corrected chi connectivity index (χ2v) is 16.9. The van der Waals surface area contributed by atoms with Crippen LogP contribution in [0.4, 0.5) is 0 Å². The summed E-state index contributed by atoms with van der Waals surface area (Å²) < 4.78 is 6.21. The quantitative estimate of drug-likeness (QED) is 0.205. The normalized spacial score (nSPS) is 45.0. The first-order chi connectivity index (χ1) is 20.2. The molecule has 0 saturated heterocycles. The van der Waals surface area contributed by atoms with Crippen molar-refractivity contribution < 1.29 is 19.7 Å². The summed E-state index contributed by atoms with van der Waals surface area (Å²) in [6.45, 7) is 19.7. The third-order valence-corrected chi connectivity index (χ3v) is 15.1. The number of rotatable bonds is 5. The molecule has 5 aliphatic carbocycles. The summed E-state index contributed by atoms with van der Waals surface area (Å²) in [4.78, 5) is 13.0. The van der Waals surface area contributed by atoms with Gasteiger partial charge < -0.3 is 14.9 Å². The Kier molecular flexibility index (Phi) is 7.55. The zero-order valence-corrected chi connectivity index (χ0v) is 27.6. The van der Waals surface area contributed by atoms with Crippen LogP contribution in [0.15, 0.2) is 42.5 Å². The lowest BCUT2D eigenvalue weighted by Gasteiger charge is -2.73. The number of ether oxygens (including phenoxy) is 1. The molecule has 1 aromatic rings. The Morgan fingerprint density at radius 2 is 1.63 bits per heavy atom. The number of hydrogen-bond acceptors (Lipinski definition) is 4. The first-order valence-electron chi connectivity index (χ1n) is 17.2. The molecule has 0 spiro atoms. The first kappa shape index (κ1) is 30.9. The maximum Gasteiger partial charge on any atom is 0.331 e. The lowest BCUT2D eigenvalue weighted by atomic mass is 9.32. The monoisotopic (exact) mass is 588 g/mol. The number of aliphatic hydroxyl groups excluding tert-OH is 1. The molecule has 236 valence electrons. The van der Waals surface area contributed by atoms with Crippen molar-refractivity contribution in [2.75, 3.05) is 6.61 Å². The van der Waals surface area contributed by atoms with E-state index in [2.05, 4.69) is 48.1 Å². The van der Waals surface area contributed by atoms with Crippen molar-refractivity contribution in [2.24, 2.45) is 56.7 Å². The Morgan fingerprint density at radius 3 is 2.30 bits per heavy atom. The van der Waals surface area contributed by atoms with E-state index in [1.54, 1.807) is 30.3 Å². The van der Waals surface area contributed by atoms with E-state index < -0.39 is 0 Å². The van der Waals surface area contributed by atoms with Crippen LogP contribution in [0.25, 0.3) is 6.08 Å². The largest absolute Gasteiger partial charge is 0.508 e. The summed E-state index contributed by atoms with van der Waals surface area (Å²) >= 11 is 0. The Morgan fingerprint density at radius 1 is 0.907 bits per heavy atom. The van der Waals surface area contributed by atoms with Gasteiger partial charge in [0, 0.05) is 18.1 Å². The van der Waals surface area contributed by atoms with Crippen LogP contribution in [0.5, 0.6) is 5.75 Å². The van der Waals surface area contributed by atoms with E-state index in [1.165, 1.54) is 50.2 Å². The van der Waals surface area contributed by atoms with E-state index in [4.69, 9.17) is 4.74 Å². The second kappa shape index (κ2) is 10.5. The number of allylic oxidation sites excluding steroid dienone is 1. The van der Waals surface area contributed by atoms with Crippen molar-refractivity contribution in [1.82, 2.24) is 0 Å². The third-order valence-electron chi connectivity index (χ3n) is 15.1. The van der Waals surface area contributed by atoms with Crippen molar-refractivity contribution in [3.63, 3.8) is 0 Å². The highest BCUT2D eigenvalue weighted by Crippen LogP contribution is 2.77. The van der Waals surface area contributed by atoms with E-state index in [0.717, 1.165) is 31.2 Å².